The average molecular weight is 460 g/mol. The van der Waals surface area contributed by atoms with Crippen molar-refractivity contribution in [1.82, 2.24) is 10.3 Å². The molecule has 0 fully saturated rings. The summed E-state index contributed by atoms with van der Waals surface area (Å²) in [4.78, 5) is 4.42. The van der Waals surface area contributed by atoms with Crippen molar-refractivity contribution >= 4 is 23.0 Å². The molecule has 2 aromatic heterocycles. The number of pyridine rings is 1. The monoisotopic (exact) mass is 459 g/mol. The summed E-state index contributed by atoms with van der Waals surface area (Å²) >= 11 is 5.33. The van der Waals surface area contributed by atoms with Gasteiger partial charge in [0, 0.05) is 41.1 Å². The fraction of sp³-hybridized carbons (Fsp3) is 0.192. The number of thiocarbonyl (C=S) groups is 1. The molecule has 2 heterocycles. The Labute approximate surface area is 199 Å². The van der Waals surface area contributed by atoms with Crippen molar-refractivity contribution in [3.8, 4) is 28.5 Å². The van der Waals surface area contributed by atoms with Crippen LogP contribution < -0.4 is 19.9 Å². The van der Waals surface area contributed by atoms with Gasteiger partial charge in [-0.1, -0.05) is 19.1 Å². The van der Waals surface area contributed by atoms with E-state index in [1.165, 1.54) is 5.56 Å². The second-order valence-corrected chi connectivity index (χ2v) is 8.01. The number of hydrogen-bond acceptors (Lipinski definition) is 4. The van der Waals surface area contributed by atoms with E-state index in [4.69, 9.17) is 21.4 Å². The van der Waals surface area contributed by atoms with Gasteiger partial charge in [-0.3, -0.25) is 0 Å². The molecule has 0 unspecified atom stereocenters. The molecule has 0 aliphatic heterocycles. The van der Waals surface area contributed by atoms with Crippen molar-refractivity contribution in [2.75, 3.05) is 19.0 Å². The highest BCUT2D eigenvalue weighted by molar-refractivity contribution is 7.80. The van der Waals surface area contributed by atoms with Gasteiger partial charge in [0.05, 0.1) is 13.3 Å². The molecule has 2 N–H and O–H groups in total. The number of aromatic nitrogens is 2. The predicted octanol–water partition coefficient (Wildman–Crippen LogP) is 5.05. The van der Waals surface area contributed by atoms with Gasteiger partial charge in [-0.25, -0.2) is 9.55 Å². The third kappa shape index (κ3) is 5.96. The van der Waals surface area contributed by atoms with Gasteiger partial charge in [-0.2, -0.15) is 0 Å². The standard InChI is InChI=1S/C26H26N4O2S/c1-3-13-27-26(33)29-22-6-4-5-19(16-22)18-30-14-11-20(12-15-30)24-17-28-25(32-24)21-7-9-23(31-2)10-8-21/h4-12,14-17H,3,13,18H2,1-2H3,(H-,27,29,33)/p+1. The number of nitrogens with one attached hydrogen (secondary N) is 2. The highest BCUT2D eigenvalue weighted by atomic mass is 32.1. The van der Waals surface area contributed by atoms with Crippen LogP contribution in [0.25, 0.3) is 22.8 Å². The van der Waals surface area contributed by atoms with E-state index in [0.717, 1.165) is 47.8 Å². The van der Waals surface area contributed by atoms with E-state index in [0.29, 0.717) is 11.0 Å². The summed E-state index contributed by atoms with van der Waals surface area (Å²) in [6, 6.07) is 20.0. The van der Waals surface area contributed by atoms with Crippen LogP contribution in [0.15, 0.2) is 83.7 Å². The molecule has 168 valence electrons. The minimum Gasteiger partial charge on any atom is -0.497 e. The average Bonchev–Trinajstić information content (AvgIpc) is 3.34. The molecule has 0 aliphatic carbocycles. The molecule has 0 saturated heterocycles. The van der Waals surface area contributed by atoms with Gasteiger partial charge in [0.2, 0.25) is 5.89 Å². The molecule has 0 amide bonds. The van der Waals surface area contributed by atoms with Crippen molar-refractivity contribution in [1.29, 1.82) is 0 Å². The molecule has 33 heavy (non-hydrogen) atoms. The summed E-state index contributed by atoms with van der Waals surface area (Å²) in [5.41, 5.74) is 4.04. The molecule has 4 rings (SSSR count). The molecule has 2 aromatic carbocycles. The van der Waals surface area contributed by atoms with E-state index in [2.05, 4.69) is 39.2 Å². The molecule has 0 aliphatic rings. The van der Waals surface area contributed by atoms with Crippen molar-refractivity contribution in [2.24, 2.45) is 0 Å². The fourth-order valence-electron chi connectivity index (χ4n) is 3.37. The second-order valence-electron chi connectivity index (χ2n) is 7.60. The number of anilines is 1. The third-order valence-electron chi connectivity index (χ3n) is 5.10. The van der Waals surface area contributed by atoms with Crippen LogP contribution in [0.5, 0.6) is 5.75 Å². The van der Waals surface area contributed by atoms with Crippen LogP contribution in [-0.4, -0.2) is 23.8 Å². The molecule has 0 bridgehead atoms. The first-order valence-electron chi connectivity index (χ1n) is 10.9. The number of benzene rings is 2. The number of ether oxygens (including phenoxy) is 1. The number of rotatable bonds is 8. The molecular formula is C26H27N4O2S+. The van der Waals surface area contributed by atoms with Crippen molar-refractivity contribution in [2.45, 2.75) is 19.9 Å². The number of hydrogen-bond donors (Lipinski definition) is 2. The second kappa shape index (κ2) is 10.7. The fourth-order valence-corrected chi connectivity index (χ4v) is 3.59. The summed E-state index contributed by atoms with van der Waals surface area (Å²) in [6.45, 7) is 3.72. The van der Waals surface area contributed by atoms with Crippen molar-refractivity contribution < 1.29 is 13.7 Å². The lowest BCUT2D eigenvalue weighted by molar-refractivity contribution is -0.688. The molecule has 6 nitrogen and oxygen atoms in total. The molecule has 4 aromatic rings. The van der Waals surface area contributed by atoms with Crippen LogP contribution in [0.4, 0.5) is 5.69 Å². The zero-order valence-corrected chi connectivity index (χ0v) is 19.6. The van der Waals surface area contributed by atoms with Crippen LogP contribution >= 0.6 is 12.2 Å². The molecule has 0 atom stereocenters. The zero-order valence-electron chi connectivity index (χ0n) is 18.7. The van der Waals surface area contributed by atoms with Crippen LogP contribution in [-0.2, 0) is 6.54 Å². The van der Waals surface area contributed by atoms with E-state index in [1.807, 2.05) is 60.9 Å². The SMILES string of the molecule is CCCNC(=S)Nc1cccc(C[n+]2ccc(-c3cnc(-c4ccc(OC)cc4)o3)cc2)c1. The van der Waals surface area contributed by atoms with Gasteiger partial charge in [0.1, 0.15) is 5.75 Å². The van der Waals surface area contributed by atoms with Crippen LogP contribution in [0.3, 0.4) is 0 Å². The Morgan fingerprint density at radius 3 is 2.58 bits per heavy atom. The van der Waals surface area contributed by atoms with Gasteiger partial charge in [0.15, 0.2) is 29.8 Å². The van der Waals surface area contributed by atoms with Gasteiger partial charge >= 0.3 is 0 Å². The van der Waals surface area contributed by atoms with E-state index >= 15 is 0 Å². The van der Waals surface area contributed by atoms with Crippen LogP contribution in [0.1, 0.15) is 18.9 Å². The van der Waals surface area contributed by atoms with Gasteiger partial charge in [-0.15, -0.1) is 0 Å². The third-order valence-corrected chi connectivity index (χ3v) is 5.35. The van der Waals surface area contributed by atoms with Gasteiger partial charge < -0.3 is 19.8 Å². The Bertz CT molecular complexity index is 1200. The first-order valence-corrected chi connectivity index (χ1v) is 11.3. The maximum atomic E-state index is 5.98. The van der Waals surface area contributed by atoms with E-state index in [9.17, 15) is 0 Å². The minimum atomic E-state index is 0.583. The molecular weight excluding hydrogens is 432 g/mol. The number of methoxy groups -OCH3 is 1. The lowest BCUT2D eigenvalue weighted by atomic mass is 10.2. The quantitative estimate of drug-likeness (QED) is 0.284. The smallest absolute Gasteiger partial charge is 0.226 e. The summed E-state index contributed by atoms with van der Waals surface area (Å²) < 4.78 is 13.3. The zero-order chi connectivity index (χ0) is 23.0. The highest BCUT2D eigenvalue weighted by Crippen LogP contribution is 2.26. The Morgan fingerprint density at radius 2 is 1.85 bits per heavy atom. The molecule has 0 spiro atoms. The van der Waals surface area contributed by atoms with E-state index in [1.54, 1.807) is 13.3 Å². The van der Waals surface area contributed by atoms with E-state index < -0.39 is 0 Å². The van der Waals surface area contributed by atoms with E-state index in [-0.39, 0.29) is 0 Å². The Hall–Kier alpha value is -3.71. The largest absolute Gasteiger partial charge is 0.497 e. The number of nitrogens with zero attached hydrogens (tertiary/aromatic N) is 2. The topological polar surface area (TPSA) is 63.2 Å². The normalized spacial score (nSPS) is 10.6. The Balaban J connectivity index is 1.41. The molecule has 0 saturated carbocycles. The Kier molecular flexibility index (Phi) is 7.32. The van der Waals surface area contributed by atoms with Gasteiger partial charge in [-0.05, 0) is 55.0 Å². The Morgan fingerprint density at radius 1 is 1.06 bits per heavy atom. The predicted molar refractivity (Wildman–Crippen MR) is 134 cm³/mol. The summed E-state index contributed by atoms with van der Waals surface area (Å²) in [5.74, 6) is 2.11. The van der Waals surface area contributed by atoms with Crippen LogP contribution in [0.2, 0.25) is 0 Å². The maximum absolute atomic E-state index is 5.98. The molecule has 0 radical (unpaired) electrons. The lowest BCUT2D eigenvalue weighted by Crippen LogP contribution is -2.33. The summed E-state index contributed by atoms with van der Waals surface area (Å²) in [7, 11) is 1.65. The number of oxazole rings is 1. The highest BCUT2D eigenvalue weighted by Gasteiger charge is 2.11. The van der Waals surface area contributed by atoms with Crippen LogP contribution in [0, 0.1) is 0 Å². The maximum Gasteiger partial charge on any atom is 0.226 e. The first-order chi connectivity index (χ1) is 16.1. The minimum absolute atomic E-state index is 0.583. The van der Waals surface area contributed by atoms with Gasteiger partial charge in [0.25, 0.3) is 0 Å². The molecule has 7 heteroatoms. The summed E-state index contributed by atoms with van der Waals surface area (Å²) in [5, 5.41) is 7.07. The first kappa shape index (κ1) is 22.5. The van der Waals surface area contributed by atoms with Crippen molar-refractivity contribution in [3.05, 3.63) is 84.8 Å². The summed E-state index contributed by atoms with van der Waals surface area (Å²) in [6.07, 6.45) is 6.87. The van der Waals surface area contributed by atoms with Crippen molar-refractivity contribution in [3.63, 3.8) is 0 Å². The lowest BCUT2D eigenvalue weighted by Gasteiger charge is -2.10.